The Morgan fingerprint density at radius 3 is 1.82 bits per heavy atom. The van der Waals surface area contributed by atoms with Gasteiger partial charge in [-0.25, -0.2) is 17.6 Å². The lowest BCUT2D eigenvalue weighted by Gasteiger charge is -2.18. The van der Waals surface area contributed by atoms with E-state index in [9.17, 15) is 27.5 Å². The van der Waals surface area contributed by atoms with Gasteiger partial charge in [0, 0.05) is 29.3 Å². The summed E-state index contributed by atoms with van der Waals surface area (Å²) < 4.78 is 51.6. The van der Waals surface area contributed by atoms with Gasteiger partial charge in [-0.05, 0) is 66.3 Å². The Kier molecular flexibility index (Phi) is 10.0. The van der Waals surface area contributed by atoms with Gasteiger partial charge >= 0.3 is 0 Å². The number of hydrogen-bond donors (Lipinski definition) is 1. The first-order valence-electron chi connectivity index (χ1n) is 10.2. The van der Waals surface area contributed by atoms with Crippen molar-refractivity contribution in [1.29, 1.82) is 0 Å². The van der Waals surface area contributed by atoms with Crippen molar-refractivity contribution in [3.05, 3.63) is 99.8 Å². The van der Waals surface area contributed by atoms with Crippen LogP contribution in [-0.4, -0.2) is 16.4 Å². The van der Waals surface area contributed by atoms with Crippen LogP contribution in [0.4, 0.5) is 17.6 Å². The van der Waals surface area contributed by atoms with Crippen LogP contribution in [0.1, 0.15) is 36.8 Å². The van der Waals surface area contributed by atoms with Gasteiger partial charge in [0.1, 0.15) is 29.6 Å². The minimum absolute atomic E-state index is 0.207. The first kappa shape index (κ1) is 26.5. The Labute approximate surface area is 195 Å². The summed E-state index contributed by atoms with van der Waals surface area (Å²) in [6.45, 7) is 3.49. The van der Waals surface area contributed by atoms with E-state index in [1.54, 1.807) is 26.0 Å². The molecule has 0 aliphatic heterocycles. The SMILES string of the molecule is C[C@@H](Cc1cc(F)cc(F)c1)[C@H](O)c1cc(Cl)ccn1.C[C@H](C=O)Cc1cc(F)cc(F)c1. The summed E-state index contributed by atoms with van der Waals surface area (Å²) >= 11 is 5.85. The predicted molar refractivity (Wildman–Crippen MR) is 119 cm³/mol. The van der Waals surface area contributed by atoms with Gasteiger partial charge in [-0.15, -0.1) is 0 Å². The minimum atomic E-state index is -0.847. The summed E-state index contributed by atoms with van der Waals surface area (Å²) in [6.07, 6.45) is 2.14. The second kappa shape index (κ2) is 12.5. The molecule has 0 saturated carbocycles. The molecule has 0 bridgehead atoms. The number of aliphatic hydroxyl groups excluding tert-OH is 1. The van der Waals surface area contributed by atoms with E-state index in [0.717, 1.165) is 18.4 Å². The van der Waals surface area contributed by atoms with Crippen molar-refractivity contribution in [2.75, 3.05) is 0 Å². The number of aromatic nitrogens is 1. The third-order valence-corrected chi connectivity index (χ3v) is 5.01. The summed E-state index contributed by atoms with van der Waals surface area (Å²) in [7, 11) is 0. The quantitative estimate of drug-likeness (QED) is 0.320. The van der Waals surface area contributed by atoms with Crippen molar-refractivity contribution in [2.24, 2.45) is 11.8 Å². The average molecular weight is 482 g/mol. The molecule has 1 N–H and O–H groups in total. The van der Waals surface area contributed by atoms with Gasteiger partial charge in [0.05, 0.1) is 11.8 Å². The first-order valence-corrected chi connectivity index (χ1v) is 10.6. The van der Waals surface area contributed by atoms with Gasteiger partial charge in [-0.3, -0.25) is 4.98 Å². The molecule has 8 heteroatoms. The van der Waals surface area contributed by atoms with Gasteiger partial charge in [-0.2, -0.15) is 0 Å². The number of aldehydes is 1. The Balaban J connectivity index is 0.000000257. The Morgan fingerprint density at radius 1 is 0.879 bits per heavy atom. The molecular weight excluding hydrogens is 458 g/mol. The molecule has 33 heavy (non-hydrogen) atoms. The molecular formula is C25H24ClF4NO2. The zero-order valence-corrected chi connectivity index (χ0v) is 18.9. The van der Waals surface area contributed by atoms with Crippen LogP contribution in [0.2, 0.25) is 5.02 Å². The fourth-order valence-corrected chi connectivity index (χ4v) is 3.40. The highest BCUT2D eigenvalue weighted by Gasteiger charge is 2.19. The zero-order chi connectivity index (χ0) is 24.5. The smallest absolute Gasteiger partial charge is 0.126 e. The second-order valence-corrected chi connectivity index (χ2v) is 8.33. The van der Waals surface area contributed by atoms with Gasteiger partial charge < -0.3 is 9.90 Å². The fraction of sp³-hybridized carbons (Fsp3) is 0.280. The fourth-order valence-electron chi connectivity index (χ4n) is 3.24. The summed E-state index contributed by atoms with van der Waals surface area (Å²) in [5.74, 6) is -2.91. The molecule has 0 aliphatic rings. The monoisotopic (exact) mass is 481 g/mol. The Bertz CT molecular complexity index is 1040. The Hall–Kier alpha value is -2.77. The van der Waals surface area contributed by atoms with E-state index in [4.69, 9.17) is 11.6 Å². The number of pyridine rings is 1. The largest absolute Gasteiger partial charge is 0.387 e. The molecule has 0 saturated heterocycles. The normalized spacial score (nSPS) is 13.5. The van der Waals surface area contributed by atoms with Crippen molar-refractivity contribution in [3.63, 3.8) is 0 Å². The molecule has 3 rings (SSSR count). The molecule has 3 nitrogen and oxygen atoms in total. The number of aliphatic hydroxyl groups is 1. The van der Waals surface area contributed by atoms with Crippen molar-refractivity contribution in [1.82, 2.24) is 4.98 Å². The molecule has 3 aromatic rings. The zero-order valence-electron chi connectivity index (χ0n) is 18.1. The number of benzene rings is 2. The topological polar surface area (TPSA) is 50.2 Å². The van der Waals surface area contributed by atoms with Crippen molar-refractivity contribution < 1.29 is 27.5 Å². The van der Waals surface area contributed by atoms with Crippen molar-refractivity contribution >= 4 is 17.9 Å². The Morgan fingerprint density at radius 2 is 1.36 bits per heavy atom. The van der Waals surface area contributed by atoms with E-state index in [1.807, 2.05) is 0 Å². The molecule has 3 atom stereocenters. The van der Waals surface area contributed by atoms with E-state index in [1.165, 1.54) is 30.5 Å². The third kappa shape index (κ3) is 8.94. The maximum absolute atomic E-state index is 13.1. The number of rotatable bonds is 7. The molecule has 2 aromatic carbocycles. The van der Waals surface area contributed by atoms with Crippen LogP contribution in [0.3, 0.4) is 0 Å². The van der Waals surface area contributed by atoms with Gasteiger partial charge in [0.25, 0.3) is 0 Å². The van der Waals surface area contributed by atoms with Crippen LogP contribution < -0.4 is 0 Å². The standard InChI is InChI=1S/C15H14ClF2NO.C10H10F2O/c1-9(4-10-5-12(17)8-13(18)6-10)15(20)14-7-11(16)2-3-19-14;1-7(6-13)2-8-3-9(11)5-10(12)4-8/h2-3,5-9,15,20H,4H2,1H3;3-7H,2H2,1H3/t9-,15-;7-/m00/s1. The molecule has 0 aliphatic carbocycles. The van der Waals surface area contributed by atoms with Gasteiger partial charge in [0.15, 0.2) is 0 Å². The van der Waals surface area contributed by atoms with Crippen LogP contribution >= 0.6 is 11.6 Å². The minimum Gasteiger partial charge on any atom is -0.387 e. The maximum atomic E-state index is 13.1. The predicted octanol–water partition coefficient (Wildman–Crippen LogP) is 6.27. The van der Waals surface area contributed by atoms with E-state index in [0.29, 0.717) is 34.7 Å². The highest BCUT2D eigenvalue weighted by molar-refractivity contribution is 6.30. The molecule has 1 aromatic heterocycles. The van der Waals surface area contributed by atoms with E-state index in [2.05, 4.69) is 4.98 Å². The van der Waals surface area contributed by atoms with Crippen LogP contribution in [0.5, 0.6) is 0 Å². The molecule has 0 fully saturated rings. The number of halogens is 5. The lowest BCUT2D eigenvalue weighted by atomic mass is 9.93. The summed E-state index contributed by atoms with van der Waals surface area (Å²) in [4.78, 5) is 14.3. The summed E-state index contributed by atoms with van der Waals surface area (Å²) in [5.41, 5.74) is 1.45. The first-order chi connectivity index (χ1) is 15.6. The van der Waals surface area contributed by atoms with E-state index < -0.39 is 29.4 Å². The molecule has 1 heterocycles. The highest BCUT2D eigenvalue weighted by atomic mass is 35.5. The third-order valence-electron chi connectivity index (χ3n) is 4.78. The van der Waals surface area contributed by atoms with Gasteiger partial charge in [-0.1, -0.05) is 25.4 Å². The number of nitrogens with zero attached hydrogens (tertiary/aromatic N) is 1. The number of carbonyl (C=O) groups excluding carboxylic acids is 1. The average Bonchev–Trinajstić information content (AvgIpc) is 2.72. The summed E-state index contributed by atoms with van der Waals surface area (Å²) in [5, 5.41) is 10.7. The molecule has 0 spiro atoms. The van der Waals surface area contributed by atoms with Crippen LogP contribution in [0, 0.1) is 35.1 Å². The van der Waals surface area contributed by atoms with Crippen LogP contribution in [-0.2, 0) is 17.6 Å². The van der Waals surface area contributed by atoms with Crippen molar-refractivity contribution in [2.45, 2.75) is 32.8 Å². The van der Waals surface area contributed by atoms with Crippen LogP contribution in [0.25, 0.3) is 0 Å². The van der Waals surface area contributed by atoms with E-state index in [-0.39, 0.29) is 11.8 Å². The lowest BCUT2D eigenvalue weighted by molar-refractivity contribution is -0.110. The van der Waals surface area contributed by atoms with Crippen molar-refractivity contribution in [3.8, 4) is 0 Å². The van der Waals surface area contributed by atoms with Crippen LogP contribution in [0.15, 0.2) is 54.7 Å². The number of hydrogen-bond acceptors (Lipinski definition) is 3. The second-order valence-electron chi connectivity index (χ2n) is 7.90. The van der Waals surface area contributed by atoms with Gasteiger partial charge in [0.2, 0.25) is 0 Å². The molecule has 0 radical (unpaired) electrons. The number of carbonyl (C=O) groups is 1. The van der Waals surface area contributed by atoms with E-state index >= 15 is 0 Å². The molecule has 0 unspecified atom stereocenters. The maximum Gasteiger partial charge on any atom is 0.126 e. The lowest BCUT2D eigenvalue weighted by Crippen LogP contribution is -2.13. The summed E-state index contributed by atoms with van der Waals surface area (Å²) in [6, 6.07) is 9.83. The molecule has 0 amide bonds. The highest BCUT2D eigenvalue weighted by Crippen LogP contribution is 2.25. The molecule has 176 valence electrons.